The van der Waals surface area contributed by atoms with Crippen molar-refractivity contribution in [2.45, 2.75) is 50.0 Å². The molecule has 33 heavy (non-hydrogen) atoms. The summed E-state index contributed by atoms with van der Waals surface area (Å²) in [5.74, 6) is -0.286. The number of hydrogen-bond donors (Lipinski definition) is 1. The molecule has 2 aliphatic heterocycles. The molecule has 2 aliphatic rings. The van der Waals surface area contributed by atoms with Crippen molar-refractivity contribution in [2.75, 3.05) is 26.2 Å². The van der Waals surface area contributed by atoms with Crippen LogP contribution in [0, 0.1) is 0 Å². The molecule has 7 nitrogen and oxygen atoms in total. The number of likely N-dealkylation sites (tertiary alicyclic amines) is 1. The van der Waals surface area contributed by atoms with Gasteiger partial charge in [-0.2, -0.15) is 4.31 Å². The van der Waals surface area contributed by atoms with Crippen molar-refractivity contribution in [2.24, 2.45) is 0 Å². The SMILES string of the molecule is O=C(NCc1ccc(C(=O)N2CCCC2)cc1)c1cccc(S(=O)(=O)N2CCCCCC2)c1. The van der Waals surface area contributed by atoms with Gasteiger partial charge in [-0.25, -0.2) is 8.42 Å². The van der Waals surface area contributed by atoms with Crippen LogP contribution in [-0.4, -0.2) is 55.6 Å². The lowest BCUT2D eigenvalue weighted by molar-refractivity contribution is 0.0792. The average Bonchev–Trinajstić information content (AvgIpc) is 3.24. The minimum atomic E-state index is -3.61. The van der Waals surface area contributed by atoms with Gasteiger partial charge in [-0.05, 0) is 61.6 Å². The summed E-state index contributed by atoms with van der Waals surface area (Å²) in [7, 11) is -3.61. The molecule has 2 heterocycles. The highest BCUT2D eigenvalue weighted by Gasteiger charge is 2.26. The lowest BCUT2D eigenvalue weighted by Gasteiger charge is -2.20. The van der Waals surface area contributed by atoms with Crippen molar-refractivity contribution < 1.29 is 18.0 Å². The zero-order valence-corrected chi connectivity index (χ0v) is 19.6. The van der Waals surface area contributed by atoms with Crippen LogP contribution in [0.4, 0.5) is 0 Å². The van der Waals surface area contributed by atoms with Crippen LogP contribution in [0.25, 0.3) is 0 Å². The van der Waals surface area contributed by atoms with E-state index >= 15 is 0 Å². The summed E-state index contributed by atoms with van der Waals surface area (Å²) in [5.41, 5.74) is 1.83. The fourth-order valence-electron chi connectivity index (χ4n) is 4.38. The van der Waals surface area contributed by atoms with Gasteiger partial charge in [-0.1, -0.05) is 31.0 Å². The van der Waals surface area contributed by atoms with Gasteiger partial charge in [0.1, 0.15) is 0 Å². The molecule has 0 bridgehead atoms. The fraction of sp³-hybridized carbons (Fsp3) is 0.440. The number of carbonyl (C=O) groups is 2. The second-order valence-corrected chi connectivity index (χ2v) is 10.7. The predicted octanol–water partition coefficient (Wildman–Crippen LogP) is 3.42. The summed E-state index contributed by atoms with van der Waals surface area (Å²) < 4.78 is 27.6. The molecule has 0 atom stereocenters. The smallest absolute Gasteiger partial charge is 0.253 e. The van der Waals surface area contributed by atoms with E-state index in [0.717, 1.165) is 57.2 Å². The molecule has 0 aromatic heterocycles. The van der Waals surface area contributed by atoms with E-state index < -0.39 is 10.0 Å². The molecule has 176 valence electrons. The van der Waals surface area contributed by atoms with Gasteiger partial charge in [-0.15, -0.1) is 0 Å². The van der Waals surface area contributed by atoms with Crippen LogP contribution in [0.3, 0.4) is 0 Å². The second kappa shape index (κ2) is 10.5. The van der Waals surface area contributed by atoms with Crippen LogP contribution < -0.4 is 5.32 Å². The Morgan fingerprint density at radius 2 is 1.42 bits per heavy atom. The maximum absolute atomic E-state index is 13.0. The van der Waals surface area contributed by atoms with Crippen LogP contribution in [0.5, 0.6) is 0 Å². The van der Waals surface area contributed by atoms with Crippen molar-refractivity contribution in [1.29, 1.82) is 0 Å². The van der Waals surface area contributed by atoms with E-state index in [4.69, 9.17) is 0 Å². The summed E-state index contributed by atoms with van der Waals surface area (Å²) in [5, 5.41) is 2.84. The Morgan fingerprint density at radius 1 is 0.788 bits per heavy atom. The number of amides is 2. The van der Waals surface area contributed by atoms with Crippen molar-refractivity contribution in [3.05, 3.63) is 65.2 Å². The monoisotopic (exact) mass is 469 g/mol. The average molecular weight is 470 g/mol. The van der Waals surface area contributed by atoms with E-state index in [9.17, 15) is 18.0 Å². The van der Waals surface area contributed by atoms with E-state index in [-0.39, 0.29) is 16.7 Å². The second-order valence-electron chi connectivity index (χ2n) is 8.73. The summed E-state index contributed by atoms with van der Waals surface area (Å²) in [6, 6.07) is 13.5. The van der Waals surface area contributed by atoms with E-state index in [1.54, 1.807) is 30.3 Å². The molecule has 0 unspecified atom stereocenters. The molecule has 2 aromatic rings. The minimum absolute atomic E-state index is 0.0468. The normalized spacial score (nSPS) is 17.5. The van der Waals surface area contributed by atoms with Crippen LogP contribution in [0.1, 0.15) is 64.8 Å². The molecule has 2 amide bonds. The number of benzene rings is 2. The fourth-order valence-corrected chi connectivity index (χ4v) is 5.94. The quantitative estimate of drug-likeness (QED) is 0.702. The van der Waals surface area contributed by atoms with E-state index in [0.29, 0.717) is 30.8 Å². The van der Waals surface area contributed by atoms with Gasteiger partial charge >= 0.3 is 0 Å². The molecule has 2 saturated heterocycles. The number of nitrogens with zero attached hydrogens (tertiary/aromatic N) is 2. The van der Waals surface area contributed by atoms with Crippen molar-refractivity contribution in [3.8, 4) is 0 Å². The van der Waals surface area contributed by atoms with Crippen molar-refractivity contribution >= 4 is 21.8 Å². The van der Waals surface area contributed by atoms with E-state index in [1.165, 1.54) is 10.4 Å². The maximum atomic E-state index is 13.0. The van der Waals surface area contributed by atoms with Crippen molar-refractivity contribution in [3.63, 3.8) is 0 Å². The Kier molecular flexibility index (Phi) is 7.45. The molecule has 0 saturated carbocycles. The minimum Gasteiger partial charge on any atom is -0.348 e. The Bertz CT molecular complexity index is 1080. The summed E-state index contributed by atoms with van der Waals surface area (Å²) in [6.45, 7) is 2.95. The molecule has 1 N–H and O–H groups in total. The van der Waals surface area contributed by atoms with Gasteiger partial charge in [0.25, 0.3) is 11.8 Å². The number of carbonyl (C=O) groups excluding carboxylic acids is 2. The first-order chi connectivity index (χ1) is 15.9. The Labute approximate surface area is 195 Å². The zero-order chi connectivity index (χ0) is 23.3. The van der Waals surface area contributed by atoms with Crippen molar-refractivity contribution in [1.82, 2.24) is 14.5 Å². The van der Waals surface area contributed by atoms with Crippen LogP contribution in [-0.2, 0) is 16.6 Å². The Hall–Kier alpha value is -2.71. The lowest BCUT2D eigenvalue weighted by atomic mass is 10.1. The Balaban J connectivity index is 1.38. The van der Waals surface area contributed by atoms with Gasteiger partial charge in [0.2, 0.25) is 10.0 Å². The van der Waals surface area contributed by atoms with Crippen LogP contribution in [0.2, 0.25) is 0 Å². The zero-order valence-electron chi connectivity index (χ0n) is 18.8. The first-order valence-corrected chi connectivity index (χ1v) is 13.2. The molecule has 0 aliphatic carbocycles. The predicted molar refractivity (Wildman–Crippen MR) is 126 cm³/mol. The van der Waals surface area contributed by atoms with E-state index in [1.807, 2.05) is 17.0 Å². The Morgan fingerprint density at radius 3 is 2.09 bits per heavy atom. The molecule has 8 heteroatoms. The maximum Gasteiger partial charge on any atom is 0.253 e. The largest absolute Gasteiger partial charge is 0.348 e. The highest BCUT2D eigenvalue weighted by atomic mass is 32.2. The number of nitrogens with one attached hydrogen (secondary N) is 1. The van der Waals surface area contributed by atoms with Gasteiger partial charge in [0.15, 0.2) is 0 Å². The van der Waals surface area contributed by atoms with Crippen LogP contribution >= 0.6 is 0 Å². The molecular weight excluding hydrogens is 438 g/mol. The molecule has 4 rings (SSSR count). The van der Waals surface area contributed by atoms with Gasteiger partial charge in [-0.3, -0.25) is 9.59 Å². The van der Waals surface area contributed by atoms with Gasteiger partial charge in [0.05, 0.1) is 4.90 Å². The molecular formula is C25H31N3O4S. The van der Waals surface area contributed by atoms with Gasteiger partial charge < -0.3 is 10.2 Å². The highest BCUT2D eigenvalue weighted by Crippen LogP contribution is 2.21. The number of hydrogen-bond acceptors (Lipinski definition) is 4. The first kappa shape index (κ1) is 23.4. The first-order valence-electron chi connectivity index (χ1n) is 11.7. The third-order valence-electron chi connectivity index (χ3n) is 6.35. The molecule has 0 spiro atoms. The van der Waals surface area contributed by atoms with Crippen LogP contribution in [0.15, 0.2) is 53.4 Å². The number of sulfonamides is 1. The summed E-state index contributed by atoms with van der Waals surface area (Å²) >= 11 is 0. The summed E-state index contributed by atoms with van der Waals surface area (Å²) in [6.07, 6.45) is 5.92. The third-order valence-corrected chi connectivity index (χ3v) is 8.24. The molecule has 0 radical (unpaired) electrons. The third kappa shape index (κ3) is 5.62. The highest BCUT2D eigenvalue weighted by molar-refractivity contribution is 7.89. The molecule has 2 fully saturated rings. The topological polar surface area (TPSA) is 86.8 Å². The lowest BCUT2D eigenvalue weighted by Crippen LogP contribution is -2.32. The van der Waals surface area contributed by atoms with E-state index in [2.05, 4.69) is 5.32 Å². The summed E-state index contributed by atoms with van der Waals surface area (Å²) in [4.78, 5) is 27.2. The number of rotatable bonds is 6. The molecule has 2 aromatic carbocycles. The standard InChI is InChI=1S/C25H31N3O4S/c29-24(26-19-20-10-12-21(13-11-20)25(30)27-14-5-6-15-27)22-8-7-9-23(18-22)33(31,32)28-16-3-1-2-4-17-28/h7-13,18H,1-6,14-17,19H2,(H,26,29). The van der Waals surface area contributed by atoms with Gasteiger partial charge in [0, 0.05) is 43.9 Å².